The molecule has 0 saturated heterocycles. The Morgan fingerprint density at radius 2 is 0.281 bits per heavy atom. The first-order valence-electron chi connectivity index (χ1n) is 34.8. The van der Waals surface area contributed by atoms with E-state index in [2.05, 4.69) is 348 Å². The first-order chi connectivity index (χ1) is 44.6. The van der Waals surface area contributed by atoms with E-state index in [1.54, 1.807) is 0 Å². The van der Waals surface area contributed by atoms with Gasteiger partial charge in [-0.1, -0.05) is 288 Å². The van der Waals surface area contributed by atoms with Crippen molar-refractivity contribution in [1.29, 1.82) is 0 Å². The molecule has 0 aliphatic rings. The lowest BCUT2D eigenvalue weighted by atomic mass is 9.68. The molecule has 4 nitrogen and oxygen atoms in total. The summed E-state index contributed by atoms with van der Waals surface area (Å²) in [6.45, 7) is 54.5. The van der Waals surface area contributed by atoms with E-state index in [0.717, 1.165) is 100 Å². The van der Waals surface area contributed by atoms with Gasteiger partial charge >= 0.3 is 0 Å². The Bertz CT molecular complexity index is 3600. The molecular formula is C92H114O4. The molecule has 0 aromatic heterocycles. The molecule has 0 bridgehead atoms. The van der Waals surface area contributed by atoms with Crippen LogP contribution in [0.3, 0.4) is 0 Å². The molecule has 0 amide bonds. The maximum absolute atomic E-state index is 7.89. The lowest BCUT2D eigenvalue weighted by Gasteiger charge is -2.43. The van der Waals surface area contributed by atoms with E-state index in [1.165, 1.54) is 33.4 Å². The third kappa shape index (κ3) is 13.1. The van der Waals surface area contributed by atoms with E-state index in [4.69, 9.17) is 18.9 Å². The van der Waals surface area contributed by atoms with Crippen LogP contribution in [0.5, 0.6) is 0 Å². The van der Waals surface area contributed by atoms with Gasteiger partial charge in [0.2, 0.25) is 0 Å². The summed E-state index contributed by atoms with van der Waals surface area (Å²) in [5.74, 6) is 0. The molecule has 0 radical (unpaired) electrons. The minimum atomic E-state index is -1.34. The second kappa shape index (κ2) is 26.2. The molecule has 0 spiro atoms. The first kappa shape index (κ1) is 73.1. The first-order valence-corrected chi connectivity index (χ1v) is 34.8. The van der Waals surface area contributed by atoms with Crippen molar-refractivity contribution in [1.82, 2.24) is 0 Å². The second-order valence-electron chi connectivity index (χ2n) is 34.0. The SMILES string of the molecule is COC(c1ccc(C(C)(C)C)cc1)(c1ccc(C(C)(C)C)cc1)c1cc(C(OC)(c2cc(C(OC)(c3ccc(C(C)(C)C)cc3)c3ccc(C(C)(C)C)cc3)c(C)cc2C)c2cc(C(OC)(c3ccc(C(C)(C)C)cc3)c3ccc(C(C)(C)C)cc3)c(C)cc2C)c(C)cc1C. The van der Waals surface area contributed by atoms with Crippen LogP contribution in [0.1, 0.15) is 258 Å². The maximum Gasteiger partial charge on any atom is 0.144 e. The third-order valence-corrected chi connectivity index (χ3v) is 21.2. The standard InChI is InChI=1S/C92H114O4/c1-59-53-62(4)80(56-77(59)89(93-25,71-41-29-65(30-42-71)83(7,8)9)72-43-31-66(32-44-72)84(10,11)12)92(96-28,81-57-78(60(2)54-63(81)5)90(94-26,73-45-33-67(34-46-73)85(13,14)15)74-47-35-68(36-48-74)86(16,17)18)82-58-79(61(3)55-64(82)6)91(95-27,75-49-37-69(38-50-75)87(19,20)21)76-51-39-70(40-52-76)88(22,23)24/h29-58H,1-28H3. The molecule has 0 aliphatic heterocycles. The van der Waals surface area contributed by atoms with E-state index < -0.39 is 22.4 Å². The Balaban J connectivity index is 1.49. The van der Waals surface area contributed by atoms with E-state index >= 15 is 0 Å². The number of aryl methyl sites for hydroxylation is 6. The summed E-state index contributed by atoms with van der Waals surface area (Å²) in [6.07, 6.45) is 0. The zero-order chi connectivity index (χ0) is 70.9. The minimum Gasteiger partial charge on any atom is -0.364 e. The largest absolute Gasteiger partial charge is 0.364 e. The number of rotatable bonds is 16. The summed E-state index contributed by atoms with van der Waals surface area (Å²) >= 11 is 0. The normalized spacial score (nSPS) is 13.4. The van der Waals surface area contributed by atoms with Gasteiger partial charge in [0.1, 0.15) is 22.4 Å². The molecule has 0 N–H and O–H groups in total. The molecule has 9 aromatic rings. The fraction of sp³-hybridized carbons (Fsp3) is 0.413. The fourth-order valence-electron chi connectivity index (χ4n) is 15.3. The Morgan fingerprint density at radius 1 is 0.167 bits per heavy atom. The zero-order valence-electron chi connectivity index (χ0n) is 64.0. The number of benzene rings is 9. The van der Waals surface area contributed by atoms with Crippen molar-refractivity contribution in [2.24, 2.45) is 0 Å². The summed E-state index contributed by atoms with van der Waals surface area (Å²) < 4.78 is 30.0. The van der Waals surface area contributed by atoms with E-state index in [1.807, 2.05) is 28.4 Å². The van der Waals surface area contributed by atoms with Crippen molar-refractivity contribution in [3.63, 3.8) is 0 Å². The Hall–Kier alpha value is -7.18. The van der Waals surface area contributed by atoms with E-state index in [0.29, 0.717) is 0 Å². The van der Waals surface area contributed by atoms with Gasteiger partial charge in [-0.15, -0.1) is 0 Å². The van der Waals surface area contributed by atoms with Gasteiger partial charge in [-0.05, 0) is 226 Å². The van der Waals surface area contributed by atoms with Crippen LogP contribution >= 0.6 is 0 Å². The second-order valence-corrected chi connectivity index (χ2v) is 34.0. The van der Waals surface area contributed by atoms with Gasteiger partial charge in [0, 0.05) is 28.4 Å². The van der Waals surface area contributed by atoms with Crippen molar-refractivity contribution in [3.05, 3.63) is 316 Å². The predicted octanol–water partition coefficient (Wildman–Crippen LogP) is 23.1. The molecule has 0 fully saturated rings. The van der Waals surface area contributed by atoms with Crippen molar-refractivity contribution in [2.45, 2.75) is 221 Å². The minimum absolute atomic E-state index is 0.0680. The van der Waals surface area contributed by atoms with Gasteiger partial charge in [-0.3, -0.25) is 0 Å². The highest BCUT2D eigenvalue weighted by molar-refractivity contribution is 5.65. The molecule has 0 aliphatic carbocycles. The van der Waals surface area contributed by atoms with Gasteiger partial charge in [-0.2, -0.15) is 0 Å². The lowest BCUT2D eigenvalue weighted by molar-refractivity contribution is 0.0472. The summed E-state index contributed by atoms with van der Waals surface area (Å²) in [4.78, 5) is 0. The number of hydrogen-bond donors (Lipinski definition) is 0. The van der Waals surface area contributed by atoms with Gasteiger partial charge in [0.05, 0.1) is 0 Å². The number of methoxy groups -OCH3 is 4. The van der Waals surface area contributed by atoms with E-state index in [9.17, 15) is 0 Å². The molecule has 9 rings (SSSR count). The predicted molar refractivity (Wildman–Crippen MR) is 406 cm³/mol. The molecule has 0 heterocycles. The van der Waals surface area contributed by atoms with Crippen LogP contribution in [0.25, 0.3) is 0 Å². The molecular weight excluding hydrogens is 1170 g/mol. The number of hydrogen-bond acceptors (Lipinski definition) is 4. The Morgan fingerprint density at radius 3 is 0.396 bits per heavy atom. The van der Waals surface area contributed by atoms with Crippen molar-refractivity contribution in [2.75, 3.05) is 28.4 Å². The van der Waals surface area contributed by atoms with E-state index in [-0.39, 0.29) is 32.5 Å². The smallest absolute Gasteiger partial charge is 0.144 e. The van der Waals surface area contributed by atoms with Crippen LogP contribution in [-0.2, 0) is 73.8 Å². The Kier molecular flexibility index (Phi) is 20.0. The topological polar surface area (TPSA) is 36.9 Å². The maximum atomic E-state index is 7.89. The van der Waals surface area contributed by atoms with Gasteiger partial charge in [0.15, 0.2) is 0 Å². The monoisotopic (exact) mass is 1280 g/mol. The highest BCUT2D eigenvalue weighted by Gasteiger charge is 2.49. The van der Waals surface area contributed by atoms with Crippen LogP contribution in [0.4, 0.5) is 0 Å². The summed E-state index contributed by atoms with van der Waals surface area (Å²) in [5.41, 5.74) is 21.2. The molecule has 9 aromatic carbocycles. The average molecular weight is 1280 g/mol. The molecule has 0 saturated carbocycles. The molecule has 96 heavy (non-hydrogen) atoms. The van der Waals surface area contributed by atoms with Gasteiger partial charge < -0.3 is 18.9 Å². The summed E-state index contributed by atoms with van der Waals surface area (Å²) in [6, 6.07) is 69.3. The van der Waals surface area contributed by atoms with Crippen LogP contribution in [0, 0.1) is 41.5 Å². The highest BCUT2D eigenvalue weighted by atomic mass is 16.5. The highest BCUT2D eigenvalue weighted by Crippen LogP contribution is 2.54. The van der Waals surface area contributed by atoms with Crippen molar-refractivity contribution in [3.8, 4) is 0 Å². The van der Waals surface area contributed by atoms with Crippen molar-refractivity contribution < 1.29 is 18.9 Å². The molecule has 0 atom stereocenters. The van der Waals surface area contributed by atoms with Crippen LogP contribution in [0.15, 0.2) is 182 Å². The van der Waals surface area contributed by atoms with Crippen LogP contribution in [-0.4, -0.2) is 28.4 Å². The fourth-order valence-corrected chi connectivity index (χ4v) is 15.3. The summed E-state index contributed by atoms with van der Waals surface area (Å²) in [5, 5.41) is 0. The quantitative estimate of drug-likeness (QED) is 0.0904. The molecule has 4 heteroatoms. The molecule has 506 valence electrons. The van der Waals surface area contributed by atoms with Gasteiger partial charge in [-0.25, -0.2) is 0 Å². The van der Waals surface area contributed by atoms with Crippen LogP contribution < -0.4 is 0 Å². The summed E-state index contributed by atoms with van der Waals surface area (Å²) in [7, 11) is 7.55. The van der Waals surface area contributed by atoms with Crippen LogP contribution in [0.2, 0.25) is 0 Å². The Labute approximate surface area is 580 Å². The third-order valence-electron chi connectivity index (χ3n) is 21.2. The lowest BCUT2D eigenvalue weighted by Crippen LogP contribution is -2.39. The molecule has 0 unspecified atom stereocenters. The average Bonchev–Trinajstić information content (AvgIpc) is 0.712. The van der Waals surface area contributed by atoms with Gasteiger partial charge in [0.25, 0.3) is 0 Å². The number of ether oxygens (including phenoxy) is 4. The zero-order valence-corrected chi connectivity index (χ0v) is 64.0. The van der Waals surface area contributed by atoms with Crippen molar-refractivity contribution >= 4 is 0 Å².